The molecule has 0 aromatic rings. The molecule has 26 heavy (non-hydrogen) atoms. The first kappa shape index (κ1) is 24.3. The highest BCUT2D eigenvalue weighted by Crippen LogP contribution is 2.13. The lowest BCUT2D eigenvalue weighted by Crippen LogP contribution is -2.25. The van der Waals surface area contributed by atoms with Gasteiger partial charge in [0.25, 0.3) is 0 Å². The first-order valence-corrected chi connectivity index (χ1v) is 9.85. The van der Waals surface area contributed by atoms with Gasteiger partial charge >= 0.3 is 0 Å². The molecule has 0 rings (SSSR count). The van der Waals surface area contributed by atoms with E-state index in [0.717, 1.165) is 51.4 Å². The maximum Gasteiger partial charge on any atom is 0.138 e. The number of carboxylic acids is 2. The molecule has 0 aliphatic carbocycles. The van der Waals surface area contributed by atoms with Crippen molar-refractivity contribution < 1.29 is 29.4 Å². The largest absolute Gasteiger partial charge is 0.550 e. The molecule has 0 heterocycles. The van der Waals surface area contributed by atoms with Crippen LogP contribution in [0.15, 0.2) is 0 Å². The number of unbranched alkanes of at least 4 members (excludes halogenated alkanes) is 11. The third-order valence-electron chi connectivity index (χ3n) is 4.34. The zero-order valence-corrected chi connectivity index (χ0v) is 15.8. The van der Waals surface area contributed by atoms with E-state index in [1.54, 1.807) is 0 Å². The van der Waals surface area contributed by atoms with Gasteiger partial charge in [-0.25, -0.2) is 0 Å². The fraction of sp³-hybridized carbons (Fsp3) is 0.800. The second-order valence-electron chi connectivity index (χ2n) is 6.92. The predicted octanol–water partition coefficient (Wildman–Crippen LogP) is 1.87. The van der Waals surface area contributed by atoms with Gasteiger partial charge in [-0.15, -0.1) is 0 Å². The molecule has 0 saturated heterocycles. The maximum absolute atomic E-state index is 11.2. The van der Waals surface area contributed by atoms with Crippen molar-refractivity contribution in [2.24, 2.45) is 0 Å². The fourth-order valence-corrected chi connectivity index (χ4v) is 2.91. The lowest BCUT2D eigenvalue weighted by atomic mass is 10.0. The Morgan fingerprint density at radius 3 is 0.885 bits per heavy atom. The van der Waals surface area contributed by atoms with Crippen LogP contribution in [0.25, 0.3) is 0 Å². The van der Waals surface area contributed by atoms with Crippen LogP contribution in [-0.4, -0.2) is 23.5 Å². The molecular weight excluding hydrogens is 336 g/mol. The minimum Gasteiger partial charge on any atom is -0.550 e. The highest BCUT2D eigenvalue weighted by Gasteiger charge is 2.02. The summed E-state index contributed by atoms with van der Waals surface area (Å²) in [5.74, 6) is -3.07. The number of hydrogen-bond acceptors (Lipinski definition) is 6. The Balaban J connectivity index is 3.20. The van der Waals surface area contributed by atoms with Crippen LogP contribution in [0.4, 0.5) is 0 Å². The average Bonchev–Trinajstić information content (AvgIpc) is 2.53. The molecule has 0 N–H and O–H groups in total. The highest BCUT2D eigenvalue weighted by molar-refractivity contribution is 5.94. The minimum absolute atomic E-state index is 0.242. The third-order valence-corrected chi connectivity index (χ3v) is 4.34. The predicted molar refractivity (Wildman–Crippen MR) is 93.9 cm³/mol. The lowest BCUT2D eigenvalue weighted by Gasteiger charge is -2.04. The molecule has 6 heteroatoms. The molecule has 0 aliphatic rings. The Kier molecular flexibility index (Phi) is 15.6. The Labute approximate surface area is 156 Å². The fourth-order valence-electron chi connectivity index (χ4n) is 2.91. The molecule has 0 spiro atoms. The topological polar surface area (TPSA) is 114 Å². The molecule has 0 bridgehead atoms. The summed E-state index contributed by atoms with van der Waals surface area (Å²) in [6, 6.07) is 0. The summed E-state index contributed by atoms with van der Waals surface area (Å²) in [5.41, 5.74) is 0. The maximum atomic E-state index is 11.2. The van der Waals surface area contributed by atoms with Crippen LogP contribution < -0.4 is 10.2 Å². The first-order valence-electron chi connectivity index (χ1n) is 9.85. The summed E-state index contributed by atoms with van der Waals surface area (Å²) in [6.07, 6.45) is 12.4. The number of aliphatic carboxylic acids is 2. The number of Topliss-reactive ketones (excluding diaryl/α,β-unsaturated/α-hetero) is 2. The molecule has 0 fully saturated rings. The van der Waals surface area contributed by atoms with Crippen LogP contribution in [0.3, 0.4) is 0 Å². The van der Waals surface area contributed by atoms with Crippen LogP contribution in [0.2, 0.25) is 0 Å². The average molecular weight is 368 g/mol. The van der Waals surface area contributed by atoms with Gasteiger partial charge in [0.2, 0.25) is 0 Å². The SMILES string of the molecule is O=C([O-])CC(=O)CCCCCCCCCCCCCCC(=O)CC(=O)[O-]. The number of rotatable bonds is 19. The zero-order valence-electron chi connectivity index (χ0n) is 15.8. The Hall–Kier alpha value is -1.72. The molecule has 0 saturated carbocycles. The van der Waals surface area contributed by atoms with Crippen LogP contribution >= 0.6 is 0 Å². The number of hydrogen-bond donors (Lipinski definition) is 0. The van der Waals surface area contributed by atoms with E-state index in [9.17, 15) is 29.4 Å². The molecule has 0 aromatic carbocycles. The van der Waals surface area contributed by atoms with E-state index in [2.05, 4.69) is 0 Å². The first-order chi connectivity index (χ1) is 12.4. The van der Waals surface area contributed by atoms with E-state index in [4.69, 9.17) is 0 Å². The standard InChI is InChI=1S/C20H34O6/c21-17(15-19(23)24)13-11-9-7-5-3-1-2-4-6-8-10-12-14-18(22)16-20(25)26/h1-16H2,(H,23,24)(H,25,26)/p-2. The summed E-state index contributed by atoms with van der Waals surface area (Å²) in [4.78, 5) is 42.8. The van der Waals surface area contributed by atoms with Gasteiger partial charge in [0.05, 0.1) is 0 Å². The molecule has 0 atom stereocenters. The van der Waals surface area contributed by atoms with Gasteiger partial charge < -0.3 is 19.8 Å². The third kappa shape index (κ3) is 18.6. The van der Waals surface area contributed by atoms with Gasteiger partial charge in [-0.2, -0.15) is 0 Å². The molecule has 0 radical (unpaired) electrons. The number of carbonyl (C=O) groups excluding carboxylic acids is 4. The van der Waals surface area contributed by atoms with Crippen molar-refractivity contribution in [2.75, 3.05) is 0 Å². The van der Waals surface area contributed by atoms with Crippen molar-refractivity contribution in [2.45, 2.75) is 103 Å². The van der Waals surface area contributed by atoms with E-state index >= 15 is 0 Å². The monoisotopic (exact) mass is 368 g/mol. The smallest absolute Gasteiger partial charge is 0.138 e. The minimum atomic E-state index is -1.29. The van der Waals surface area contributed by atoms with Gasteiger partial charge in [-0.05, 0) is 12.8 Å². The van der Waals surface area contributed by atoms with Crippen molar-refractivity contribution in [3.63, 3.8) is 0 Å². The molecule has 0 amide bonds. The summed E-state index contributed by atoms with van der Waals surface area (Å²) in [7, 11) is 0. The van der Waals surface area contributed by atoms with E-state index in [1.165, 1.54) is 25.7 Å². The molecular formula is C20H32O6-2. The lowest BCUT2D eigenvalue weighted by molar-refractivity contribution is -0.306. The van der Waals surface area contributed by atoms with Gasteiger partial charge in [0.1, 0.15) is 11.6 Å². The van der Waals surface area contributed by atoms with E-state index in [-0.39, 0.29) is 11.6 Å². The van der Waals surface area contributed by atoms with Gasteiger partial charge in [-0.3, -0.25) is 9.59 Å². The van der Waals surface area contributed by atoms with Gasteiger partial charge in [0, 0.05) is 37.6 Å². The quantitative estimate of drug-likeness (QED) is 0.254. The molecule has 0 aromatic heterocycles. The summed E-state index contributed by atoms with van der Waals surface area (Å²) in [6.45, 7) is 0. The molecule has 150 valence electrons. The van der Waals surface area contributed by atoms with Crippen molar-refractivity contribution in [1.82, 2.24) is 0 Å². The molecule has 0 aliphatic heterocycles. The van der Waals surface area contributed by atoms with Crippen LogP contribution in [0, 0.1) is 0 Å². The van der Waals surface area contributed by atoms with Crippen molar-refractivity contribution in [3.05, 3.63) is 0 Å². The van der Waals surface area contributed by atoms with E-state index < -0.39 is 24.8 Å². The second-order valence-corrected chi connectivity index (χ2v) is 6.92. The second kappa shape index (κ2) is 16.7. The van der Waals surface area contributed by atoms with Crippen LogP contribution in [-0.2, 0) is 19.2 Å². The number of carbonyl (C=O) groups is 4. The normalized spacial score (nSPS) is 10.6. The molecule has 0 unspecified atom stereocenters. The summed E-state index contributed by atoms with van der Waals surface area (Å²) < 4.78 is 0. The van der Waals surface area contributed by atoms with E-state index in [1.807, 2.05) is 0 Å². The van der Waals surface area contributed by atoms with Gasteiger partial charge in [0.15, 0.2) is 0 Å². The number of carboxylic acid groups (broad SMARTS) is 2. The van der Waals surface area contributed by atoms with Crippen molar-refractivity contribution >= 4 is 23.5 Å². The van der Waals surface area contributed by atoms with E-state index in [0.29, 0.717) is 12.8 Å². The molecule has 6 nitrogen and oxygen atoms in total. The number of ketones is 2. The van der Waals surface area contributed by atoms with Crippen molar-refractivity contribution in [1.29, 1.82) is 0 Å². The van der Waals surface area contributed by atoms with Crippen LogP contribution in [0.1, 0.15) is 103 Å². The Morgan fingerprint density at radius 2 is 0.654 bits per heavy atom. The zero-order chi connectivity index (χ0) is 19.6. The van der Waals surface area contributed by atoms with Crippen molar-refractivity contribution in [3.8, 4) is 0 Å². The summed E-state index contributed by atoms with van der Waals surface area (Å²) in [5, 5.41) is 20.5. The Morgan fingerprint density at radius 1 is 0.423 bits per heavy atom. The Bertz CT molecular complexity index is 390. The highest BCUT2D eigenvalue weighted by atomic mass is 16.4. The van der Waals surface area contributed by atoms with Gasteiger partial charge in [-0.1, -0.05) is 64.2 Å². The summed E-state index contributed by atoms with van der Waals surface area (Å²) >= 11 is 0. The van der Waals surface area contributed by atoms with Crippen LogP contribution in [0.5, 0.6) is 0 Å².